The monoisotopic (exact) mass is 413 g/mol. The van der Waals surface area contributed by atoms with Crippen LogP contribution in [-0.4, -0.2) is 19.7 Å². The molecule has 0 atom stereocenters. The standard InChI is InChI=1S/C20H14Cl2FN5/c1-12-16(11-28(27-12)15-4-2-3-13(23)9-15)19-7-8-24-20(26-19)25-14-5-6-17(21)18(22)10-14/h2-11H,1H3,(H,24,25,26). The van der Waals surface area contributed by atoms with Crippen LogP contribution >= 0.6 is 23.2 Å². The average molecular weight is 414 g/mol. The zero-order chi connectivity index (χ0) is 19.7. The van der Waals surface area contributed by atoms with E-state index in [2.05, 4.69) is 20.4 Å². The highest BCUT2D eigenvalue weighted by Gasteiger charge is 2.12. The first-order chi connectivity index (χ1) is 13.5. The van der Waals surface area contributed by atoms with Gasteiger partial charge in [-0.25, -0.2) is 19.0 Å². The summed E-state index contributed by atoms with van der Waals surface area (Å²) in [5.74, 6) is 0.0937. The molecule has 0 radical (unpaired) electrons. The van der Waals surface area contributed by atoms with E-state index in [0.717, 1.165) is 16.9 Å². The van der Waals surface area contributed by atoms with Gasteiger partial charge in [0.1, 0.15) is 5.82 Å². The molecule has 2 aromatic carbocycles. The Labute approximate surface area is 170 Å². The highest BCUT2D eigenvalue weighted by molar-refractivity contribution is 6.42. The minimum Gasteiger partial charge on any atom is -0.324 e. The average Bonchev–Trinajstić information content (AvgIpc) is 3.07. The lowest BCUT2D eigenvalue weighted by molar-refractivity contribution is 0.625. The van der Waals surface area contributed by atoms with E-state index in [9.17, 15) is 4.39 Å². The lowest BCUT2D eigenvalue weighted by Gasteiger charge is -2.07. The molecule has 0 aliphatic heterocycles. The van der Waals surface area contributed by atoms with Gasteiger partial charge in [-0.15, -0.1) is 0 Å². The van der Waals surface area contributed by atoms with E-state index < -0.39 is 0 Å². The Morgan fingerprint density at radius 1 is 1.04 bits per heavy atom. The van der Waals surface area contributed by atoms with Crippen molar-refractivity contribution < 1.29 is 4.39 Å². The molecule has 0 aliphatic rings. The van der Waals surface area contributed by atoms with Crippen LogP contribution in [0.3, 0.4) is 0 Å². The number of hydrogen-bond donors (Lipinski definition) is 1. The second kappa shape index (κ2) is 7.58. The first-order valence-electron chi connectivity index (χ1n) is 8.37. The van der Waals surface area contributed by atoms with Crippen molar-refractivity contribution in [2.75, 3.05) is 5.32 Å². The van der Waals surface area contributed by atoms with E-state index in [1.165, 1.54) is 12.1 Å². The minimum absolute atomic E-state index is 0.317. The third-order valence-electron chi connectivity index (χ3n) is 4.08. The third-order valence-corrected chi connectivity index (χ3v) is 4.82. The largest absolute Gasteiger partial charge is 0.324 e. The molecule has 2 heterocycles. The first kappa shape index (κ1) is 18.4. The van der Waals surface area contributed by atoms with Crippen LogP contribution in [0.2, 0.25) is 10.0 Å². The quantitative estimate of drug-likeness (QED) is 0.457. The molecule has 0 bridgehead atoms. The van der Waals surface area contributed by atoms with Gasteiger partial charge >= 0.3 is 0 Å². The van der Waals surface area contributed by atoms with E-state index in [0.29, 0.717) is 27.4 Å². The number of nitrogens with zero attached hydrogens (tertiary/aromatic N) is 4. The molecule has 0 amide bonds. The molecule has 140 valence electrons. The molecule has 5 nitrogen and oxygen atoms in total. The molecule has 0 aliphatic carbocycles. The van der Waals surface area contributed by atoms with E-state index >= 15 is 0 Å². The molecule has 0 fully saturated rings. The fourth-order valence-electron chi connectivity index (χ4n) is 2.73. The summed E-state index contributed by atoms with van der Waals surface area (Å²) in [5.41, 5.74) is 3.64. The Kier molecular flexibility index (Phi) is 4.98. The van der Waals surface area contributed by atoms with Crippen molar-refractivity contribution in [1.29, 1.82) is 0 Å². The van der Waals surface area contributed by atoms with Crippen LogP contribution in [0, 0.1) is 12.7 Å². The fraction of sp³-hybridized carbons (Fsp3) is 0.0500. The van der Waals surface area contributed by atoms with Gasteiger partial charge < -0.3 is 5.32 Å². The number of halogens is 3. The maximum atomic E-state index is 13.5. The SMILES string of the molecule is Cc1nn(-c2cccc(F)c2)cc1-c1ccnc(Nc2ccc(Cl)c(Cl)c2)n1. The van der Waals surface area contributed by atoms with Gasteiger partial charge in [-0.1, -0.05) is 29.3 Å². The highest BCUT2D eigenvalue weighted by Crippen LogP contribution is 2.27. The Hall–Kier alpha value is -2.96. The smallest absolute Gasteiger partial charge is 0.227 e. The number of aromatic nitrogens is 4. The molecular formula is C20H14Cl2FN5. The summed E-state index contributed by atoms with van der Waals surface area (Å²) in [6.07, 6.45) is 3.47. The summed E-state index contributed by atoms with van der Waals surface area (Å²) in [5, 5.41) is 8.49. The van der Waals surface area contributed by atoms with Gasteiger partial charge in [-0.2, -0.15) is 5.10 Å². The number of aryl methyl sites for hydroxylation is 1. The van der Waals surface area contributed by atoms with Crippen molar-refractivity contribution >= 4 is 34.8 Å². The number of nitrogens with one attached hydrogen (secondary N) is 1. The second-order valence-corrected chi connectivity index (χ2v) is 6.89. The maximum Gasteiger partial charge on any atom is 0.227 e. The Balaban J connectivity index is 1.65. The van der Waals surface area contributed by atoms with E-state index in [-0.39, 0.29) is 5.82 Å². The topological polar surface area (TPSA) is 55.6 Å². The molecule has 0 spiro atoms. The molecule has 8 heteroatoms. The Bertz CT molecular complexity index is 1160. The number of benzene rings is 2. The molecule has 28 heavy (non-hydrogen) atoms. The van der Waals surface area contributed by atoms with Crippen LogP contribution in [0.4, 0.5) is 16.0 Å². The summed E-state index contributed by atoms with van der Waals surface area (Å²) >= 11 is 12.0. The maximum absolute atomic E-state index is 13.5. The molecule has 2 aromatic heterocycles. The normalized spacial score (nSPS) is 10.9. The molecular weight excluding hydrogens is 400 g/mol. The van der Waals surface area contributed by atoms with Crippen molar-refractivity contribution in [2.24, 2.45) is 0 Å². The van der Waals surface area contributed by atoms with Gasteiger partial charge in [0.05, 0.1) is 27.1 Å². The zero-order valence-electron chi connectivity index (χ0n) is 14.7. The lowest BCUT2D eigenvalue weighted by Crippen LogP contribution is -1.98. The molecule has 0 saturated heterocycles. The van der Waals surface area contributed by atoms with Gasteiger partial charge in [0.2, 0.25) is 5.95 Å². The van der Waals surface area contributed by atoms with Gasteiger partial charge in [0, 0.05) is 23.6 Å². The predicted octanol–water partition coefficient (Wildman–Crippen LogP) is 5.83. The third kappa shape index (κ3) is 3.83. The summed E-state index contributed by atoms with van der Waals surface area (Å²) in [6, 6.07) is 13.2. The summed E-state index contributed by atoms with van der Waals surface area (Å²) < 4.78 is 15.1. The highest BCUT2D eigenvalue weighted by atomic mass is 35.5. The van der Waals surface area contributed by atoms with E-state index in [1.807, 2.05) is 13.1 Å². The lowest BCUT2D eigenvalue weighted by atomic mass is 10.2. The molecule has 0 saturated carbocycles. The number of anilines is 2. The summed E-state index contributed by atoms with van der Waals surface area (Å²) in [4.78, 5) is 8.79. The Morgan fingerprint density at radius 2 is 1.89 bits per heavy atom. The van der Waals surface area contributed by atoms with Crippen molar-refractivity contribution in [3.63, 3.8) is 0 Å². The minimum atomic E-state index is -0.317. The molecule has 4 rings (SSSR count). The Morgan fingerprint density at radius 3 is 2.68 bits per heavy atom. The van der Waals surface area contributed by atoms with Crippen LogP contribution < -0.4 is 5.32 Å². The van der Waals surface area contributed by atoms with E-state index in [4.69, 9.17) is 23.2 Å². The molecule has 1 N–H and O–H groups in total. The van der Waals surface area contributed by atoms with Gasteiger partial charge in [-0.05, 0) is 49.4 Å². The molecule has 4 aromatic rings. The zero-order valence-corrected chi connectivity index (χ0v) is 16.2. The predicted molar refractivity (Wildman–Crippen MR) is 109 cm³/mol. The van der Waals surface area contributed by atoms with Crippen LogP contribution in [0.15, 0.2) is 60.9 Å². The van der Waals surface area contributed by atoms with Gasteiger partial charge in [-0.3, -0.25) is 0 Å². The molecule has 0 unspecified atom stereocenters. The fourth-order valence-corrected chi connectivity index (χ4v) is 3.03. The first-order valence-corrected chi connectivity index (χ1v) is 9.13. The summed E-state index contributed by atoms with van der Waals surface area (Å²) in [6.45, 7) is 1.87. The van der Waals surface area contributed by atoms with E-state index in [1.54, 1.807) is 47.3 Å². The van der Waals surface area contributed by atoms with Crippen molar-refractivity contribution in [1.82, 2.24) is 19.7 Å². The van der Waals surface area contributed by atoms with Crippen molar-refractivity contribution in [2.45, 2.75) is 6.92 Å². The van der Waals surface area contributed by atoms with Crippen LogP contribution in [0.25, 0.3) is 16.9 Å². The van der Waals surface area contributed by atoms with Crippen molar-refractivity contribution in [3.8, 4) is 16.9 Å². The van der Waals surface area contributed by atoms with Crippen LogP contribution in [0.1, 0.15) is 5.69 Å². The summed E-state index contributed by atoms with van der Waals surface area (Å²) in [7, 11) is 0. The van der Waals surface area contributed by atoms with Crippen LogP contribution in [-0.2, 0) is 0 Å². The van der Waals surface area contributed by atoms with Crippen molar-refractivity contribution in [3.05, 3.63) is 82.5 Å². The number of hydrogen-bond acceptors (Lipinski definition) is 4. The second-order valence-electron chi connectivity index (χ2n) is 6.07. The number of rotatable bonds is 4. The van der Waals surface area contributed by atoms with Crippen LogP contribution in [0.5, 0.6) is 0 Å². The van der Waals surface area contributed by atoms with Gasteiger partial charge in [0.15, 0.2) is 0 Å². The van der Waals surface area contributed by atoms with Gasteiger partial charge in [0.25, 0.3) is 0 Å².